The summed E-state index contributed by atoms with van der Waals surface area (Å²) in [6, 6.07) is 16.7. The second-order valence-electron chi connectivity index (χ2n) is 7.94. The largest absolute Gasteiger partial charge is 0.361 e. The molecule has 0 unspecified atom stereocenters. The summed E-state index contributed by atoms with van der Waals surface area (Å²) < 4.78 is 0. The van der Waals surface area contributed by atoms with Crippen LogP contribution in [0.2, 0.25) is 0 Å². The standard InChI is InChI=1S/C24H27N7/c1-17-15-27-24(30-23(17)29-22-4-2-3-21-20(22)9-10-26-21)28-19-7-5-18(6-8-19)16-31-13-11-25-12-14-31/h2-10,15,25-26H,11-14,16H2,1H3,(H2,27,28,29,30). The Morgan fingerprint density at radius 3 is 2.68 bits per heavy atom. The molecule has 158 valence electrons. The van der Waals surface area contributed by atoms with E-state index in [2.05, 4.69) is 73.3 Å². The first-order chi connectivity index (χ1) is 15.2. The number of hydrogen-bond acceptors (Lipinski definition) is 6. The van der Waals surface area contributed by atoms with Crippen molar-refractivity contribution in [2.75, 3.05) is 36.8 Å². The molecule has 1 saturated heterocycles. The number of benzene rings is 2. The molecule has 3 heterocycles. The third-order valence-corrected chi connectivity index (χ3v) is 5.65. The number of aromatic amines is 1. The number of aryl methyl sites for hydroxylation is 1. The van der Waals surface area contributed by atoms with Crippen molar-refractivity contribution in [2.24, 2.45) is 0 Å². The van der Waals surface area contributed by atoms with Gasteiger partial charge in [-0.3, -0.25) is 4.90 Å². The maximum absolute atomic E-state index is 4.71. The number of nitrogens with zero attached hydrogens (tertiary/aromatic N) is 3. The minimum absolute atomic E-state index is 0.573. The van der Waals surface area contributed by atoms with Crippen molar-refractivity contribution in [3.8, 4) is 0 Å². The van der Waals surface area contributed by atoms with E-state index in [1.165, 1.54) is 5.56 Å². The van der Waals surface area contributed by atoms with E-state index in [9.17, 15) is 0 Å². The van der Waals surface area contributed by atoms with Gasteiger partial charge in [0.2, 0.25) is 5.95 Å². The summed E-state index contributed by atoms with van der Waals surface area (Å²) in [4.78, 5) is 14.9. The topological polar surface area (TPSA) is 80.9 Å². The van der Waals surface area contributed by atoms with Crippen LogP contribution in [0.3, 0.4) is 0 Å². The number of rotatable bonds is 6. The number of fused-ring (bicyclic) bond motifs is 1. The van der Waals surface area contributed by atoms with Crippen LogP contribution in [0.25, 0.3) is 10.9 Å². The summed E-state index contributed by atoms with van der Waals surface area (Å²) in [6.45, 7) is 7.33. The van der Waals surface area contributed by atoms with E-state index in [4.69, 9.17) is 4.98 Å². The Labute approximate surface area is 181 Å². The van der Waals surface area contributed by atoms with Gasteiger partial charge >= 0.3 is 0 Å². The fourth-order valence-corrected chi connectivity index (χ4v) is 3.90. The summed E-state index contributed by atoms with van der Waals surface area (Å²) in [6.07, 6.45) is 3.79. The molecule has 4 N–H and O–H groups in total. The lowest BCUT2D eigenvalue weighted by Gasteiger charge is -2.27. The molecular formula is C24H27N7. The van der Waals surface area contributed by atoms with Gasteiger partial charge in [-0.05, 0) is 42.8 Å². The van der Waals surface area contributed by atoms with E-state index >= 15 is 0 Å². The summed E-state index contributed by atoms with van der Waals surface area (Å²) in [7, 11) is 0. The van der Waals surface area contributed by atoms with Crippen LogP contribution in [-0.2, 0) is 6.54 Å². The van der Waals surface area contributed by atoms with Gasteiger partial charge in [-0.25, -0.2) is 4.98 Å². The van der Waals surface area contributed by atoms with Crippen molar-refractivity contribution in [1.82, 2.24) is 25.2 Å². The molecule has 0 amide bonds. The van der Waals surface area contributed by atoms with Crippen LogP contribution in [0.4, 0.5) is 23.1 Å². The zero-order valence-corrected chi connectivity index (χ0v) is 17.7. The van der Waals surface area contributed by atoms with Crippen molar-refractivity contribution in [1.29, 1.82) is 0 Å². The first-order valence-electron chi connectivity index (χ1n) is 10.7. The van der Waals surface area contributed by atoms with Crippen LogP contribution < -0.4 is 16.0 Å². The second-order valence-corrected chi connectivity index (χ2v) is 7.94. The smallest absolute Gasteiger partial charge is 0.229 e. The van der Waals surface area contributed by atoms with E-state index in [-0.39, 0.29) is 0 Å². The van der Waals surface area contributed by atoms with E-state index in [0.29, 0.717) is 5.95 Å². The molecule has 0 spiro atoms. The minimum atomic E-state index is 0.573. The molecule has 7 nitrogen and oxygen atoms in total. The Balaban J connectivity index is 1.29. The predicted molar refractivity (Wildman–Crippen MR) is 126 cm³/mol. The van der Waals surface area contributed by atoms with Gasteiger partial charge in [0.15, 0.2) is 0 Å². The zero-order valence-electron chi connectivity index (χ0n) is 17.7. The number of piperazine rings is 1. The van der Waals surface area contributed by atoms with Crippen LogP contribution in [0.15, 0.2) is 60.9 Å². The lowest BCUT2D eigenvalue weighted by Crippen LogP contribution is -2.42. The molecule has 1 aliphatic rings. The van der Waals surface area contributed by atoms with Gasteiger partial charge in [0, 0.05) is 73.0 Å². The molecule has 1 aliphatic heterocycles. The first kappa shape index (κ1) is 19.5. The molecule has 0 atom stereocenters. The van der Waals surface area contributed by atoms with Crippen molar-refractivity contribution in [2.45, 2.75) is 13.5 Å². The Kier molecular flexibility index (Phi) is 5.52. The SMILES string of the molecule is Cc1cnc(Nc2ccc(CN3CCNCC3)cc2)nc1Nc1cccc2[nH]ccc12. The highest BCUT2D eigenvalue weighted by atomic mass is 15.2. The Morgan fingerprint density at radius 1 is 1.00 bits per heavy atom. The first-order valence-corrected chi connectivity index (χ1v) is 10.7. The molecule has 7 heteroatoms. The van der Waals surface area contributed by atoms with Crippen LogP contribution in [-0.4, -0.2) is 46.0 Å². The van der Waals surface area contributed by atoms with Gasteiger partial charge < -0.3 is 20.9 Å². The Morgan fingerprint density at radius 2 is 1.84 bits per heavy atom. The number of aromatic nitrogens is 3. The zero-order chi connectivity index (χ0) is 21.0. The number of hydrogen-bond donors (Lipinski definition) is 4. The highest BCUT2D eigenvalue weighted by Gasteiger charge is 2.10. The fourth-order valence-electron chi connectivity index (χ4n) is 3.90. The molecule has 0 saturated carbocycles. The average molecular weight is 414 g/mol. The van der Waals surface area contributed by atoms with Gasteiger partial charge in [-0.1, -0.05) is 18.2 Å². The monoisotopic (exact) mass is 413 g/mol. The average Bonchev–Trinajstić information content (AvgIpc) is 3.28. The molecule has 5 rings (SSSR count). The summed E-state index contributed by atoms with van der Waals surface area (Å²) in [5, 5.41) is 11.3. The number of anilines is 4. The Hall–Kier alpha value is -3.42. The number of nitrogens with one attached hydrogen (secondary N) is 4. The molecule has 31 heavy (non-hydrogen) atoms. The molecule has 4 aromatic rings. The van der Waals surface area contributed by atoms with Crippen LogP contribution in [0.1, 0.15) is 11.1 Å². The third kappa shape index (κ3) is 4.52. The quantitative estimate of drug-likeness (QED) is 0.380. The van der Waals surface area contributed by atoms with Crippen molar-refractivity contribution >= 4 is 34.0 Å². The highest BCUT2D eigenvalue weighted by Crippen LogP contribution is 2.27. The summed E-state index contributed by atoms with van der Waals surface area (Å²) >= 11 is 0. The van der Waals surface area contributed by atoms with Gasteiger partial charge in [-0.2, -0.15) is 4.98 Å². The van der Waals surface area contributed by atoms with Crippen molar-refractivity contribution in [3.05, 3.63) is 72.1 Å². The van der Waals surface area contributed by atoms with Gasteiger partial charge in [-0.15, -0.1) is 0 Å². The van der Waals surface area contributed by atoms with Crippen LogP contribution in [0, 0.1) is 6.92 Å². The van der Waals surface area contributed by atoms with E-state index in [1.54, 1.807) is 0 Å². The van der Waals surface area contributed by atoms with Gasteiger partial charge in [0.25, 0.3) is 0 Å². The molecule has 1 fully saturated rings. The van der Waals surface area contributed by atoms with Gasteiger partial charge in [0.1, 0.15) is 5.82 Å². The van der Waals surface area contributed by atoms with Crippen LogP contribution >= 0.6 is 0 Å². The number of H-pyrrole nitrogens is 1. The van der Waals surface area contributed by atoms with E-state index in [0.717, 1.165) is 66.4 Å². The molecule has 0 bridgehead atoms. The second kappa shape index (κ2) is 8.75. The van der Waals surface area contributed by atoms with Crippen molar-refractivity contribution < 1.29 is 0 Å². The Bertz CT molecular complexity index is 1160. The summed E-state index contributed by atoms with van der Waals surface area (Å²) in [5.41, 5.74) is 5.40. The third-order valence-electron chi connectivity index (χ3n) is 5.65. The predicted octanol–water partition coefficient (Wildman–Crippen LogP) is 4.16. The molecule has 0 radical (unpaired) electrons. The lowest BCUT2D eigenvalue weighted by molar-refractivity contribution is 0.233. The van der Waals surface area contributed by atoms with Crippen LogP contribution in [0.5, 0.6) is 0 Å². The summed E-state index contributed by atoms with van der Waals surface area (Å²) in [5.74, 6) is 1.37. The fraction of sp³-hybridized carbons (Fsp3) is 0.250. The minimum Gasteiger partial charge on any atom is -0.361 e. The van der Waals surface area contributed by atoms with Crippen molar-refractivity contribution in [3.63, 3.8) is 0 Å². The van der Waals surface area contributed by atoms with E-state index < -0.39 is 0 Å². The molecule has 0 aliphatic carbocycles. The lowest BCUT2D eigenvalue weighted by atomic mass is 10.2. The molecular weight excluding hydrogens is 386 g/mol. The highest BCUT2D eigenvalue weighted by molar-refractivity contribution is 5.93. The maximum Gasteiger partial charge on any atom is 0.229 e. The van der Waals surface area contributed by atoms with E-state index in [1.807, 2.05) is 25.4 Å². The molecule has 2 aromatic heterocycles. The van der Waals surface area contributed by atoms with Gasteiger partial charge in [0.05, 0.1) is 0 Å². The normalized spacial score (nSPS) is 14.6. The molecule has 2 aromatic carbocycles. The maximum atomic E-state index is 4.71.